The van der Waals surface area contributed by atoms with Crippen LogP contribution in [-0.2, 0) is 16.4 Å². The lowest BCUT2D eigenvalue weighted by atomic mass is 10.3. The zero-order valence-electron chi connectivity index (χ0n) is 11.0. The molecule has 3 rings (SSSR count). The van der Waals surface area contributed by atoms with Crippen molar-refractivity contribution in [3.8, 4) is 10.4 Å². The van der Waals surface area contributed by atoms with Crippen LogP contribution in [0, 0.1) is 0 Å². The molecule has 0 spiro atoms. The molecule has 0 aliphatic carbocycles. The van der Waals surface area contributed by atoms with Gasteiger partial charge in [0.15, 0.2) is 0 Å². The SMILES string of the molecule is O=S(=O)(NCCc1ccc(-c2ccoc2)s1)c1cccs1. The molecular weight excluding hydrogens is 326 g/mol. The van der Waals surface area contributed by atoms with Gasteiger partial charge in [-0.1, -0.05) is 6.07 Å². The van der Waals surface area contributed by atoms with Crippen LogP contribution in [0.4, 0.5) is 0 Å². The second-order valence-electron chi connectivity index (χ2n) is 4.36. The summed E-state index contributed by atoms with van der Waals surface area (Å²) in [6.07, 6.45) is 4.02. The molecule has 7 heteroatoms. The molecule has 0 atom stereocenters. The Hall–Kier alpha value is -1.41. The highest BCUT2D eigenvalue weighted by atomic mass is 32.2. The third-order valence-corrected chi connectivity index (χ3v) is 6.94. The van der Waals surface area contributed by atoms with E-state index in [1.165, 1.54) is 11.3 Å². The van der Waals surface area contributed by atoms with Gasteiger partial charge in [-0.2, -0.15) is 0 Å². The minimum Gasteiger partial charge on any atom is -0.472 e. The Morgan fingerprint density at radius 3 is 2.81 bits per heavy atom. The fourth-order valence-electron chi connectivity index (χ4n) is 1.87. The largest absolute Gasteiger partial charge is 0.472 e. The predicted molar refractivity (Wildman–Crippen MR) is 85.2 cm³/mol. The summed E-state index contributed by atoms with van der Waals surface area (Å²) in [5.41, 5.74) is 1.05. The van der Waals surface area contributed by atoms with Crippen molar-refractivity contribution >= 4 is 32.7 Å². The molecule has 1 N–H and O–H groups in total. The van der Waals surface area contributed by atoms with Crippen LogP contribution >= 0.6 is 22.7 Å². The van der Waals surface area contributed by atoms with Gasteiger partial charge >= 0.3 is 0 Å². The Bertz CT molecular complexity index is 787. The first-order chi connectivity index (χ1) is 10.1. The molecule has 3 aromatic rings. The van der Waals surface area contributed by atoms with Crippen LogP contribution in [-0.4, -0.2) is 15.0 Å². The number of nitrogens with one attached hydrogen (secondary N) is 1. The van der Waals surface area contributed by atoms with E-state index in [4.69, 9.17) is 4.42 Å². The minimum absolute atomic E-state index is 0.354. The van der Waals surface area contributed by atoms with Crippen LogP contribution < -0.4 is 4.72 Å². The summed E-state index contributed by atoms with van der Waals surface area (Å²) in [6.45, 7) is 0.394. The Labute approximate surface area is 131 Å². The van der Waals surface area contributed by atoms with Gasteiger partial charge in [0.05, 0.1) is 12.5 Å². The topological polar surface area (TPSA) is 59.3 Å². The molecule has 0 bridgehead atoms. The van der Waals surface area contributed by atoms with Crippen molar-refractivity contribution in [1.29, 1.82) is 0 Å². The molecular formula is C14H13NO3S3. The van der Waals surface area contributed by atoms with E-state index in [9.17, 15) is 8.42 Å². The highest BCUT2D eigenvalue weighted by Crippen LogP contribution is 2.28. The van der Waals surface area contributed by atoms with Crippen LogP contribution in [0.3, 0.4) is 0 Å². The normalized spacial score (nSPS) is 11.8. The molecule has 0 aromatic carbocycles. The number of sulfonamides is 1. The van der Waals surface area contributed by atoms with E-state index in [2.05, 4.69) is 4.72 Å². The molecule has 110 valence electrons. The highest BCUT2D eigenvalue weighted by molar-refractivity contribution is 7.91. The number of furan rings is 1. The maximum atomic E-state index is 12.0. The molecule has 3 aromatic heterocycles. The van der Waals surface area contributed by atoms with Crippen molar-refractivity contribution in [1.82, 2.24) is 4.72 Å². The molecule has 0 aliphatic rings. The number of hydrogen-bond donors (Lipinski definition) is 1. The molecule has 0 unspecified atom stereocenters. The fraction of sp³-hybridized carbons (Fsp3) is 0.143. The number of rotatable bonds is 6. The first kappa shape index (κ1) is 14.5. The summed E-state index contributed by atoms with van der Waals surface area (Å²) in [6, 6.07) is 9.30. The first-order valence-corrected chi connectivity index (χ1v) is 9.47. The summed E-state index contributed by atoms with van der Waals surface area (Å²) < 4.78 is 32.0. The van der Waals surface area contributed by atoms with Crippen LogP contribution in [0.1, 0.15) is 4.88 Å². The van der Waals surface area contributed by atoms with E-state index in [0.29, 0.717) is 17.2 Å². The van der Waals surface area contributed by atoms with Crippen LogP contribution in [0.15, 0.2) is 56.9 Å². The summed E-state index contributed by atoms with van der Waals surface area (Å²) in [4.78, 5) is 2.26. The average molecular weight is 339 g/mol. The second kappa shape index (κ2) is 6.15. The lowest BCUT2D eigenvalue weighted by Gasteiger charge is -2.03. The van der Waals surface area contributed by atoms with Crippen molar-refractivity contribution in [2.24, 2.45) is 0 Å². The van der Waals surface area contributed by atoms with E-state index in [1.807, 2.05) is 18.2 Å². The van der Waals surface area contributed by atoms with E-state index >= 15 is 0 Å². The molecule has 4 nitrogen and oxygen atoms in total. The monoisotopic (exact) mass is 339 g/mol. The van der Waals surface area contributed by atoms with Crippen LogP contribution in [0.25, 0.3) is 10.4 Å². The molecule has 0 fully saturated rings. The maximum Gasteiger partial charge on any atom is 0.250 e. The number of hydrogen-bond acceptors (Lipinski definition) is 5. The van der Waals surface area contributed by atoms with Gasteiger partial charge in [-0.3, -0.25) is 0 Å². The van der Waals surface area contributed by atoms with Gasteiger partial charge in [0.1, 0.15) is 4.21 Å². The van der Waals surface area contributed by atoms with Gasteiger partial charge < -0.3 is 4.42 Å². The van der Waals surface area contributed by atoms with E-state index < -0.39 is 10.0 Å². The Morgan fingerprint density at radius 1 is 1.19 bits per heavy atom. The molecule has 0 saturated carbocycles. The van der Waals surface area contributed by atoms with Crippen molar-refractivity contribution in [2.75, 3.05) is 6.54 Å². The van der Waals surface area contributed by atoms with Crippen LogP contribution in [0.2, 0.25) is 0 Å². The zero-order chi connectivity index (χ0) is 14.7. The molecule has 0 saturated heterocycles. The molecule has 0 aliphatic heterocycles. The van der Waals surface area contributed by atoms with E-state index in [-0.39, 0.29) is 0 Å². The van der Waals surface area contributed by atoms with Gasteiger partial charge in [0, 0.05) is 21.9 Å². The van der Waals surface area contributed by atoms with Crippen LogP contribution in [0.5, 0.6) is 0 Å². The molecule has 21 heavy (non-hydrogen) atoms. The van der Waals surface area contributed by atoms with Crippen molar-refractivity contribution < 1.29 is 12.8 Å². The third kappa shape index (κ3) is 3.44. The Kier molecular flexibility index (Phi) is 4.25. The fourth-order valence-corrected chi connectivity index (χ4v) is 4.93. The highest BCUT2D eigenvalue weighted by Gasteiger charge is 2.14. The summed E-state index contributed by atoms with van der Waals surface area (Å²) in [5.74, 6) is 0. The standard InChI is InChI=1S/C14H13NO3S3/c16-21(17,14-2-1-9-19-14)15-7-5-12-3-4-13(20-12)11-6-8-18-10-11/h1-4,6,8-10,15H,5,7H2. The van der Waals surface area contributed by atoms with Gasteiger partial charge in [-0.15, -0.1) is 22.7 Å². The third-order valence-electron chi connectivity index (χ3n) is 2.89. The van der Waals surface area contributed by atoms with Gasteiger partial charge in [-0.25, -0.2) is 13.1 Å². The smallest absolute Gasteiger partial charge is 0.250 e. The first-order valence-electron chi connectivity index (χ1n) is 6.29. The average Bonchev–Trinajstić information content (AvgIpc) is 3.20. The zero-order valence-corrected chi connectivity index (χ0v) is 13.4. The number of thiophene rings is 2. The van der Waals surface area contributed by atoms with Crippen molar-refractivity contribution in [3.63, 3.8) is 0 Å². The van der Waals surface area contributed by atoms with Crippen molar-refractivity contribution in [2.45, 2.75) is 10.6 Å². The lowest BCUT2D eigenvalue weighted by molar-refractivity contribution is 0.568. The predicted octanol–water partition coefficient (Wildman–Crippen LogP) is 3.59. The summed E-state index contributed by atoms with van der Waals surface area (Å²) in [5, 5.41) is 1.75. The lowest BCUT2D eigenvalue weighted by Crippen LogP contribution is -2.25. The molecule has 0 radical (unpaired) electrons. The second-order valence-corrected chi connectivity index (χ2v) is 8.47. The molecule has 0 amide bonds. The maximum absolute atomic E-state index is 12.0. The quantitative estimate of drug-likeness (QED) is 0.746. The van der Waals surface area contributed by atoms with E-state index in [0.717, 1.165) is 15.3 Å². The van der Waals surface area contributed by atoms with E-state index in [1.54, 1.807) is 41.4 Å². The minimum atomic E-state index is -3.37. The van der Waals surface area contributed by atoms with Gasteiger partial charge in [-0.05, 0) is 36.1 Å². The summed E-state index contributed by atoms with van der Waals surface area (Å²) in [7, 11) is -3.37. The van der Waals surface area contributed by atoms with Crippen molar-refractivity contribution in [3.05, 3.63) is 53.1 Å². The summed E-state index contributed by atoms with van der Waals surface area (Å²) >= 11 is 2.87. The molecule has 3 heterocycles. The Balaban J connectivity index is 1.59. The van der Waals surface area contributed by atoms with Gasteiger partial charge in [0.2, 0.25) is 10.0 Å². The Morgan fingerprint density at radius 2 is 2.10 bits per heavy atom. The van der Waals surface area contributed by atoms with Gasteiger partial charge in [0.25, 0.3) is 0 Å².